The first kappa shape index (κ1) is 14.5. The molecule has 0 bridgehead atoms. The number of benzene rings is 1. The van der Waals surface area contributed by atoms with Gasteiger partial charge in [-0.05, 0) is 15.9 Å². The van der Waals surface area contributed by atoms with E-state index in [1.54, 1.807) is 0 Å². The van der Waals surface area contributed by atoms with Crippen molar-refractivity contribution in [3.05, 3.63) is 41.6 Å². The second kappa shape index (κ2) is 6.48. The van der Waals surface area contributed by atoms with Gasteiger partial charge in [0.15, 0.2) is 23.1 Å². The molecule has 21 heavy (non-hydrogen) atoms. The first-order valence-corrected chi connectivity index (χ1v) is 6.06. The van der Waals surface area contributed by atoms with Gasteiger partial charge in [0, 0.05) is 6.42 Å². The van der Waals surface area contributed by atoms with E-state index in [-0.39, 0.29) is 36.1 Å². The van der Waals surface area contributed by atoms with Crippen molar-refractivity contribution >= 4 is 17.4 Å². The predicted octanol–water partition coefficient (Wildman–Crippen LogP) is -0.740. The Kier molecular flexibility index (Phi) is 4.46. The zero-order valence-corrected chi connectivity index (χ0v) is 11.1. The van der Waals surface area contributed by atoms with Gasteiger partial charge in [-0.2, -0.15) is 5.10 Å². The summed E-state index contributed by atoms with van der Waals surface area (Å²) in [5, 5.41) is 11.5. The average molecular weight is 289 g/mol. The molecule has 0 atom stereocenters. The standard InChI is InChI=1S/C12H15N7O2/c13-11-10(17-21-18-11)12(16-14)19(15)7-9(20)6-8-4-2-1-3-5-8/h1-5H,6-7,14-15H2,(H2,13,18)/b16-12-. The minimum Gasteiger partial charge on any atom is -0.379 e. The van der Waals surface area contributed by atoms with Crippen molar-refractivity contribution in [3.63, 3.8) is 0 Å². The summed E-state index contributed by atoms with van der Waals surface area (Å²) in [6.07, 6.45) is 0.249. The normalized spacial score (nSPS) is 11.4. The second-order valence-electron chi connectivity index (χ2n) is 4.28. The number of ketones is 1. The summed E-state index contributed by atoms with van der Waals surface area (Å²) in [7, 11) is 0. The number of hydrazine groups is 1. The van der Waals surface area contributed by atoms with E-state index in [1.807, 2.05) is 30.3 Å². The largest absolute Gasteiger partial charge is 0.379 e. The predicted molar refractivity (Wildman–Crippen MR) is 75.5 cm³/mol. The summed E-state index contributed by atoms with van der Waals surface area (Å²) in [6.45, 7) is -0.1000. The van der Waals surface area contributed by atoms with E-state index in [0.717, 1.165) is 10.6 Å². The first-order chi connectivity index (χ1) is 10.1. The Labute approximate surface area is 120 Å². The number of carbonyl (C=O) groups is 1. The van der Waals surface area contributed by atoms with Crippen LogP contribution in [0.1, 0.15) is 11.3 Å². The Morgan fingerprint density at radius 3 is 2.57 bits per heavy atom. The topological polar surface area (TPSA) is 150 Å². The number of amidine groups is 1. The highest BCUT2D eigenvalue weighted by molar-refractivity contribution is 6.01. The van der Waals surface area contributed by atoms with Gasteiger partial charge in [-0.15, -0.1) is 0 Å². The number of carbonyl (C=O) groups excluding carboxylic acids is 1. The molecule has 9 nitrogen and oxygen atoms in total. The van der Waals surface area contributed by atoms with Crippen LogP contribution < -0.4 is 17.4 Å². The number of nitrogens with two attached hydrogens (primary N) is 3. The van der Waals surface area contributed by atoms with Crippen molar-refractivity contribution in [1.82, 2.24) is 15.3 Å². The lowest BCUT2D eigenvalue weighted by Crippen LogP contribution is -2.43. The average Bonchev–Trinajstić information content (AvgIpc) is 2.87. The third-order valence-electron chi connectivity index (χ3n) is 2.71. The lowest BCUT2D eigenvalue weighted by molar-refractivity contribution is -0.118. The van der Waals surface area contributed by atoms with Crippen LogP contribution in [0.15, 0.2) is 40.1 Å². The van der Waals surface area contributed by atoms with Gasteiger partial charge in [0.2, 0.25) is 0 Å². The molecule has 110 valence electrons. The number of hydrogen-bond donors (Lipinski definition) is 3. The van der Waals surface area contributed by atoms with E-state index in [9.17, 15) is 4.79 Å². The maximum Gasteiger partial charge on any atom is 0.199 e. The number of rotatable bonds is 5. The number of hydrogen-bond acceptors (Lipinski definition) is 8. The Morgan fingerprint density at radius 1 is 1.29 bits per heavy atom. The van der Waals surface area contributed by atoms with Crippen LogP contribution in [0, 0.1) is 0 Å². The molecule has 0 fully saturated rings. The zero-order valence-electron chi connectivity index (χ0n) is 11.1. The lowest BCUT2D eigenvalue weighted by Gasteiger charge is -2.17. The molecule has 2 aromatic rings. The van der Waals surface area contributed by atoms with E-state index in [0.29, 0.717) is 0 Å². The third-order valence-corrected chi connectivity index (χ3v) is 2.71. The van der Waals surface area contributed by atoms with Gasteiger partial charge in [0.1, 0.15) is 0 Å². The Morgan fingerprint density at radius 2 is 2.00 bits per heavy atom. The van der Waals surface area contributed by atoms with Crippen molar-refractivity contribution in [2.75, 3.05) is 12.3 Å². The van der Waals surface area contributed by atoms with Gasteiger partial charge in [-0.3, -0.25) is 9.80 Å². The molecular formula is C12H15N7O2. The molecule has 0 saturated heterocycles. The molecule has 1 aromatic heterocycles. The molecule has 2 rings (SSSR count). The van der Waals surface area contributed by atoms with Gasteiger partial charge in [-0.25, -0.2) is 10.5 Å². The molecule has 0 amide bonds. The van der Waals surface area contributed by atoms with Crippen LogP contribution in [0.4, 0.5) is 5.82 Å². The summed E-state index contributed by atoms with van der Waals surface area (Å²) in [5.74, 6) is 10.9. The molecule has 9 heteroatoms. The van der Waals surface area contributed by atoms with Crippen LogP contribution in [-0.4, -0.2) is 33.5 Å². The number of nitrogen functional groups attached to an aromatic ring is 1. The maximum absolute atomic E-state index is 12.0. The minimum atomic E-state index is -0.111. The van der Waals surface area contributed by atoms with E-state index in [1.165, 1.54) is 0 Å². The van der Waals surface area contributed by atoms with E-state index >= 15 is 0 Å². The van der Waals surface area contributed by atoms with Crippen molar-refractivity contribution in [2.45, 2.75) is 6.42 Å². The highest BCUT2D eigenvalue weighted by atomic mass is 16.6. The van der Waals surface area contributed by atoms with Gasteiger partial charge in [0.05, 0.1) is 6.54 Å². The molecule has 1 aromatic carbocycles. The monoisotopic (exact) mass is 289 g/mol. The Bertz CT molecular complexity index is 638. The second-order valence-corrected chi connectivity index (χ2v) is 4.28. The lowest BCUT2D eigenvalue weighted by atomic mass is 10.1. The van der Waals surface area contributed by atoms with Crippen molar-refractivity contribution in [3.8, 4) is 0 Å². The summed E-state index contributed by atoms with van der Waals surface area (Å²) >= 11 is 0. The quantitative estimate of drug-likeness (QED) is 0.282. The first-order valence-electron chi connectivity index (χ1n) is 6.06. The van der Waals surface area contributed by atoms with Crippen molar-refractivity contribution < 1.29 is 9.42 Å². The van der Waals surface area contributed by atoms with Crippen LogP contribution >= 0.6 is 0 Å². The van der Waals surface area contributed by atoms with E-state index < -0.39 is 0 Å². The zero-order chi connectivity index (χ0) is 15.2. The fourth-order valence-corrected chi connectivity index (χ4v) is 1.77. The van der Waals surface area contributed by atoms with Gasteiger partial charge in [0.25, 0.3) is 0 Å². The molecular weight excluding hydrogens is 274 g/mol. The van der Waals surface area contributed by atoms with Crippen LogP contribution in [-0.2, 0) is 11.2 Å². The molecule has 0 aliphatic rings. The fraction of sp³-hybridized carbons (Fsp3) is 0.167. The molecule has 6 N–H and O–H groups in total. The molecule has 1 heterocycles. The molecule has 0 unspecified atom stereocenters. The van der Waals surface area contributed by atoms with Gasteiger partial charge in [-0.1, -0.05) is 30.3 Å². The maximum atomic E-state index is 12.0. The molecule has 0 aliphatic heterocycles. The smallest absolute Gasteiger partial charge is 0.199 e. The number of hydrazone groups is 1. The van der Waals surface area contributed by atoms with Crippen LogP contribution in [0.3, 0.4) is 0 Å². The SMILES string of the molecule is N/N=C(/c1nonc1N)N(N)CC(=O)Cc1ccccc1. The highest BCUT2D eigenvalue weighted by Crippen LogP contribution is 2.08. The van der Waals surface area contributed by atoms with Crippen molar-refractivity contribution in [2.24, 2.45) is 16.8 Å². The summed E-state index contributed by atoms with van der Waals surface area (Å²) < 4.78 is 4.45. The van der Waals surface area contributed by atoms with Crippen LogP contribution in [0.2, 0.25) is 0 Å². The molecule has 0 spiro atoms. The third kappa shape index (κ3) is 3.54. The molecule has 0 saturated carbocycles. The number of nitrogens with zero attached hydrogens (tertiary/aromatic N) is 4. The summed E-state index contributed by atoms with van der Waals surface area (Å²) in [5.41, 5.74) is 6.52. The van der Waals surface area contributed by atoms with Gasteiger partial charge >= 0.3 is 0 Å². The molecule has 0 radical (unpaired) electrons. The number of anilines is 1. The highest BCUT2D eigenvalue weighted by Gasteiger charge is 2.20. The number of Topliss-reactive ketones (excluding diaryl/α,β-unsaturated/α-hetero) is 1. The number of aromatic nitrogens is 2. The van der Waals surface area contributed by atoms with E-state index in [4.69, 9.17) is 17.4 Å². The van der Waals surface area contributed by atoms with Crippen molar-refractivity contribution in [1.29, 1.82) is 0 Å². The summed E-state index contributed by atoms with van der Waals surface area (Å²) in [6, 6.07) is 9.31. The Hall–Kier alpha value is -2.94. The molecule has 0 aliphatic carbocycles. The minimum absolute atomic E-state index is 0.00911. The van der Waals surface area contributed by atoms with Gasteiger partial charge < -0.3 is 11.6 Å². The van der Waals surface area contributed by atoms with Crippen LogP contribution in [0.5, 0.6) is 0 Å². The van der Waals surface area contributed by atoms with Crippen LogP contribution in [0.25, 0.3) is 0 Å². The summed E-state index contributed by atoms with van der Waals surface area (Å²) in [4.78, 5) is 12.0. The van der Waals surface area contributed by atoms with E-state index in [2.05, 4.69) is 20.0 Å². The fourth-order valence-electron chi connectivity index (χ4n) is 1.77. The Balaban J connectivity index is 2.02.